The first kappa shape index (κ1) is 26.2. The van der Waals surface area contributed by atoms with E-state index < -0.39 is 6.04 Å². The molecule has 6 nitrogen and oxygen atoms in total. The minimum absolute atomic E-state index is 0.254. The number of halogens is 3. The third-order valence-electron chi connectivity index (χ3n) is 5.95. The minimum atomic E-state index is -0.612. The van der Waals surface area contributed by atoms with Gasteiger partial charge in [-0.15, -0.1) is 0 Å². The molecule has 186 valence electrons. The zero-order valence-corrected chi connectivity index (χ0v) is 22.2. The molecular formula is C27H24Cl3N3O3. The highest BCUT2D eigenvalue weighted by atomic mass is 35.5. The molecule has 36 heavy (non-hydrogen) atoms. The molecule has 0 N–H and O–H groups in total. The lowest BCUT2D eigenvalue weighted by Crippen LogP contribution is -2.39. The van der Waals surface area contributed by atoms with Crippen molar-refractivity contribution in [2.24, 2.45) is 0 Å². The van der Waals surface area contributed by atoms with Gasteiger partial charge in [0.05, 0.1) is 39.3 Å². The summed E-state index contributed by atoms with van der Waals surface area (Å²) in [6, 6.07) is 16.6. The second-order valence-electron chi connectivity index (χ2n) is 8.40. The largest absolute Gasteiger partial charge is 0.383 e. The van der Waals surface area contributed by atoms with E-state index in [4.69, 9.17) is 44.5 Å². The van der Waals surface area contributed by atoms with Gasteiger partial charge in [-0.3, -0.25) is 14.2 Å². The average molecular weight is 545 g/mol. The van der Waals surface area contributed by atoms with Crippen molar-refractivity contribution in [3.05, 3.63) is 103 Å². The predicted octanol–water partition coefficient (Wildman–Crippen LogP) is 6.50. The number of hydrogen-bond donors (Lipinski definition) is 0. The Labute approximate surface area is 224 Å². The normalized spacial score (nSPS) is 12.1. The van der Waals surface area contributed by atoms with Crippen LogP contribution in [0.25, 0.3) is 16.6 Å². The molecule has 0 saturated heterocycles. The van der Waals surface area contributed by atoms with Crippen LogP contribution >= 0.6 is 34.8 Å². The number of rotatable bonds is 7. The SMILES string of the molecule is COCCN(C(=O)c1ccc(Cl)c(Cl)c1)C(C)c1nc2cc(Cl)ccc2c(=O)n1-c1ccc(C)cc1. The summed E-state index contributed by atoms with van der Waals surface area (Å²) < 4.78 is 6.82. The molecule has 1 atom stereocenters. The van der Waals surface area contributed by atoms with Gasteiger partial charge in [0.2, 0.25) is 0 Å². The maximum atomic E-state index is 13.7. The number of amides is 1. The fourth-order valence-corrected chi connectivity index (χ4v) is 4.46. The number of aromatic nitrogens is 2. The summed E-state index contributed by atoms with van der Waals surface area (Å²) in [6.45, 7) is 4.34. The molecule has 0 bridgehead atoms. The molecule has 4 aromatic rings. The molecule has 9 heteroatoms. The maximum Gasteiger partial charge on any atom is 0.266 e. The third kappa shape index (κ3) is 5.27. The summed E-state index contributed by atoms with van der Waals surface area (Å²) in [6.07, 6.45) is 0. The molecule has 3 aromatic carbocycles. The molecule has 0 saturated carbocycles. The van der Waals surface area contributed by atoms with Crippen LogP contribution in [0.15, 0.2) is 65.5 Å². The van der Waals surface area contributed by atoms with Crippen LogP contribution in [0.1, 0.15) is 34.7 Å². The van der Waals surface area contributed by atoms with Gasteiger partial charge in [-0.1, -0.05) is 52.5 Å². The van der Waals surface area contributed by atoms with Crippen LogP contribution in [0.2, 0.25) is 15.1 Å². The molecule has 0 aliphatic heterocycles. The Hall–Kier alpha value is -2.90. The van der Waals surface area contributed by atoms with E-state index in [0.717, 1.165) is 5.56 Å². The Balaban J connectivity index is 1.91. The van der Waals surface area contributed by atoms with Gasteiger partial charge in [0.1, 0.15) is 5.82 Å². The van der Waals surface area contributed by atoms with Crippen molar-refractivity contribution in [2.45, 2.75) is 19.9 Å². The Kier molecular flexibility index (Phi) is 8.00. The molecule has 0 spiro atoms. The zero-order valence-electron chi connectivity index (χ0n) is 20.0. The lowest BCUT2D eigenvalue weighted by Gasteiger charge is -2.30. The lowest BCUT2D eigenvalue weighted by atomic mass is 10.1. The molecule has 0 radical (unpaired) electrons. The van der Waals surface area contributed by atoms with Crippen LogP contribution in [-0.2, 0) is 4.74 Å². The first-order valence-corrected chi connectivity index (χ1v) is 12.4. The maximum absolute atomic E-state index is 13.7. The van der Waals surface area contributed by atoms with Crippen molar-refractivity contribution in [1.82, 2.24) is 14.5 Å². The summed E-state index contributed by atoms with van der Waals surface area (Å²) in [5.74, 6) is 0.0946. The molecule has 0 aliphatic rings. The summed E-state index contributed by atoms with van der Waals surface area (Å²) in [7, 11) is 1.56. The lowest BCUT2D eigenvalue weighted by molar-refractivity contribution is 0.0605. The molecular weight excluding hydrogens is 521 g/mol. The molecule has 0 fully saturated rings. The molecule has 0 aliphatic carbocycles. The Bertz CT molecular complexity index is 1490. The van der Waals surface area contributed by atoms with Crippen LogP contribution in [0.3, 0.4) is 0 Å². The number of ether oxygens (including phenoxy) is 1. The quantitative estimate of drug-likeness (QED) is 0.266. The van der Waals surface area contributed by atoms with Gasteiger partial charge in [0.15, 0.2) is 0 Å². The van der Waals surface area contributed by atoms with Gasteiger partial charge in [-0.2, -0.15) is 0 Å². The van der Waals surface area contributed by atoms with Gasteiger partial charge in [-0.05, 0) is 62.4 Å². The van der Waals surface area contributed by atoms with E-state index in [0.29, 0.717) is 38.0 Å². The fourth-order valence-electron chi connectivity index (χ4n) is 3.99. The number of hydrogen-bond acceptors (Lipinski definition) is 4. The molecule has 1 heterocycles. The van der Waals surface area contributed by atoms with E-state index in [1.165, 1.54) is 6.07 Å². The number of methoxy groups -OCH3 is 1. The van der Waals surface area contributed by atoms with Gasteiger partial charge in [-0.25, -0.2) is 4.98 Å². The van der Waals surface area contributed by atoms with Gasteiger partial charge in [0, 0.05) is 24.2 Å². The highest BCUT2D eigenvalue weighted by Gasteiger charge is 2.28. The monoisotopic (exact) mass is 543 g/mol. The average Bonchev–Trinajstić information content (AvgIpc) is 2.86. The number of nitrogens with zero attached hydrogens (tertiary/aromatic N) is 3. The van der Waals surface area contributed by atoms with E-state index in [1.807, 2.05) is 38.1 Å². The van der Waals surface area contributed by atoms with E-state index in [1.54, 1.807) is 46.9 Å². The Morgan fingerprint density at radius 3 is 2.42 bits per heavy atom. The predicted molar refractivity (Wildman–Crippen MR) is 145 cm³/mol. The number of fused-ring (bicyclic) bond motifs is 1. The number of carbonyl (C=O) groups is 1. The van der Waals surface area contributed by atoms with Gasteiger partial charge in [0.25, 0.3) is 11.5 Å². The van der Waals surface area contributed by atoms with E-state index in [9.17, 15) is 9.59 Å². The second kappa shape index (κ2) is 11.0. The first-order chi connectivity index (χ1) is 17.2. The molecule has 1 amide bonds. The number of carbonyl (C=O) groups excluding carboxylic acids is 1. The standard InChI is InChI=1S/C27H24Cl3N3O3/c1-16-4-8-20(9-5-16)33-25(31-24-15-19(28)7-10-21(24)27(33)35)17(2)32(12-13-36-3)26(34)18-6-11-22(29)23(30)14-18/h4-11,14-15,17H,12-13H2,1-3H3. The van der Waals surface area contributed by atoms with Crippen molar-refractivity contribution in [2.75, 3.05) is 20.3 Å². The van der Waals surface area contributed by atoms with Gasteiger partial charge >= 0.3 is 0 Å². The first-order valence-electron chi connectivity index (χ1n) is 11.3. The molecule has 4 rings (SSSR count). The van der Waals surface area contributed by atoms with E-state index in [2.05, 4.69) is 0 Å². The van der Waals surface area contributed by atoms with Crippen LogP contribution in [0.5, 0.6) is 0 Å². The zero-order chi connectivity index (χ0) is 26.0. The van der Waals surface area contributed by atoms with Crippen LogP contribution < -0.4 is 5.56 Å². The van der Waals surface area contributed by atoms with Crippen LogP contribution in [0.4, 0.5) is 0 Å². The van der Waals surface area contributed by atoms with Crippen molar-refractivity contribution in [3.8, 4) is 5.69 Å². The number of benzene rings is 3. The Morgan fingerprint density at radius 2 is 1.75 bits per heavy atom. The number of aryl methyl sites for hydroxylation is 1. The third-order valence-corrected chi connectivity index (χ3v) is 6.93. The molecule has 1 aromatic heterocycles. The summed E-state index contributed by atoms with van der Waals surface area (Å²) in [4.78, 5) is 33.8. The van der Waals surface area contributed by atoms with Crippen molar-refractivity contribution in [3.63, 3.8) is 0 Å². The van der Waals surface area contributed by atoms with Crippen molar-refractivity contribution >= 4 is 51.6 Å². The van der Waals surface area contributed by atoms with Crippen LogP contribution in [-0.4, -0.2) is 40.6 Å². The summed E-state index contributed by atoms with van der Waals surface area (Å²) in [5, 5.41) is 1.52. The minimum Gasteiger partial charge on any atom is -0.383 e. The van der Waals surface area contributed by atoms with Crippen molar-refractivity contribution < 1.29 is 9.53 Å². The van der Waals surface area contributed by atoms with Crippen LogP contribution in [0, 0.1) is 6.92 Å². The fraction of sp³-hybridized carbons (Fsp3) is 0.222. The second-order valence-corrected chi connectivity index (χ2v) is 9.65. The van der Waals surface area contributed by atoms with Crippen molar-refractivity contribution in [1.29, 1.82) is 0 Å². The highest BCUT2D eigenvalue weighted by molar-refractivity contribution is 6.42. The van der Waals surface area contributed by atoms with E-state index >= 15 is 0 Å². The van der Waals surface area contributed by atoms with E-state index in [-0.39, 0.29) is 29.6 Å². The Morgan fingerprint density at radius 1 is 1.03 bits per heavy atom. The summed E-state index contributed by atoms with van der Waals surface area (Å²) in [5.41, 5.74) is 2.26. The summed E-state index contributed by atoms with van der Waals surface area (Å²) >= 11 is 18.5. The van der Waals surface area contributed by atoms with Gasteiger partial charge < -0.3 is 9.64 Å². The smallest absolute Gasteiger partial charge is 0.266 e. The molecule has 1 unspecified atom stereocenters. The topological polar surface area (TPSA) is 64.4 Å². The highest BCUT2D eigenvalue weighted by Crippen LogP contribution is 2.28.